The molecule has 0 fully saturated rings. The molecule has 2 aromatic rings. The minimum Gasteiger partial charge on any atom is -0.478 e. The zero-order chi connectivity index (χ0) is 14.0. The summed E-state index contributed by atoms with van der Waals surface area (Å²) in [6.07, 6.45) is 1.21. The molecule has 1 heterocycles. The number of anilines is 2. The molecule has 0 spiro atoms. The number of benzene rings is 1. The molecule has 0 radical (unpaired) electrons. The van der Waals surface area contributed by atoms with Crippen molar-refractivity contribution >= 4 is 29.1 Å². The van der Waals surface area contributed by atoms with Gasteiger partial charge in [-0.15, -0.1) is 0 Å². The fourth-order valence-electron chi connectivity index (χ4n) is 1.59. The minimum absolute atomic E-state index is 0.0308. The summed E-state index contributed by atoms with van der Waals surface area (Å²) in [6.45, 7) is 1.74. The third-order valence-electron chi connectivity index (χ3n) is 2.56. The molecule has 0 bridgehead atoms. The van der Waals surface area contributed by atoms with E-state index in [2.05, 4.69) is 10.3 Å². The molecule has 0 aliphatic carbocycles. The van der Waals surface area contributed by atoms with Gasteiger partial charge in [-0.25, -0.2) is 14.2 Å². The Hall–Kier alpha value is -2.14. The molecule has 1 aromatic heterocycles. The Bertz CT molecular complexity index is 626. The van der Waals surface area contributed by atoms with Crippen molar-refractivity contribution in [2.24, 2.45) is 0 Å². The first kappa shape index (κ1) is 13.3. The lowest BCUT2D eigenvalue weighted by Gasteiger charge is -2.10. The molecule has 0 saturated heterocycles. The number of rotatable bonds is 3. The summed E-state index contributed by atoms with van der Waals surface area (Å²) in [5.74, 6) is -1.38. The monoisotopic (exact) mass is 280 g/mol. The third kappa shape index (κ3) is 2.82. The van der Waals surface area contributed by atoms with Crippen LogP contribution in [0.15, 0.2) is 30.5 Å². The van der Waals surface area contributed by atoms with Crippen molar-refractivity contribution < 1.29 is 14.3 Å². The number of hydrogen-bond donors (Lipinski definition) is 2. The SMILES string of the molecule is Cc1cccc(F)c1Nc1cc(C(=O)O)c(Cl)cn1. The number of aromatic carboxylic acids is 1. The van der Waals surface area contributed by atoms with E-state index < -0.39 is 11.8 Å². The molecule has 0 atom stereocenters. The Labute approximate surface area is 113 Å². The second kappa shape index (κ2) is 5.24. The molecule has 0 amide bonds. The average molecular weight is 281 g/mol. The van der Waals surface area contributed by atoms with E-state index in [0.717, 1.165) is 0 Å². The Morgan fingerprint density at radius 3 is 2.84 bits per heavy atom. The normalized spacial score (nSPS) is 10.3. The summed E-state index contributed by atoms with van der Waals surface area (Å²) in [5, 5.41) is 11.7. The molecule has 19 heavy (non-hydrogen) atoms. The number of carboxylic acid groups (broad SMARTS) is 1. The highest BCUT2D eigenvalue weighted by Crippen LogP contribution is 2.25. The van der Waals surface area contributed by atoms with E-state index in [9.17, 15) is 9.18 Å². The van der Waals surface area contributed by atoms with Gasteiger partial charge >= 0.3 is 5.97 Å². The van der Waals surface area contributed by atoms with Crippen LogP contribution in [0, 0.1) is 12.7 Å². The lowest BCUT2D eigenvalue weighted by molar-refractivity contribution is 0.0697. The number of halogens is 2. The fraction of sp³-hybridized carbons (Fsp3) is 0.0769. The summed E-state index contributed by atoms with van der Waals surface area (Å²) < 4.78 is 13.6. The molecule has 1 aromatic carbocycles. The van der Waals surface area contributed by atoms with E-state index in [1.807, 2.05) is 0 Å². The van der Waals surface area contributed by atoms with Crippen LogP contribution in [0.2, 0.25) is 5.02 Å². The van der Waals surface area contributed by atoms with Crippen molar-refractivity contribution in [1.29, 1.82) is 0 Å². The molecule has 0 aliphatic heterocycles. The molecule has 2 N–H and O–H groups in total. The zero-order valence-corrected chi connectivity index (χ0v) is 10.7. The van der Waals surface area contributed by atoms with Crippen molar-refractivity contribution in [2.75, 3.05) is 5.32 Å². The van der Waals surface area contributed by atoms with Gasteiger partial charge < -0.3 is 10.4 Å². The lowest BCUT2D eigenvalue weighted by atomic mass is 10.2. The van der Waals surface area contributed by atoms with Crippen molar-refractivity contribution in [3.63, 3.8) is 0 Å². The summed E-state index contributed by atoms with van der Waals surface area (Å²) in [5.41, 5.74) is 0.857. The smallest absolute Gasteiger partial charge is 0.337 e. The van der Waals surface area contributed by atoms with Crippen molar-refractivity contribution in [1.82, 2.24) is 4.98 Å². The first-order valence-electron chi connectivity index (χ1n) is 5.40. The number of nitrogens with zero attached hydrogens (tertiary/aromatic N) is 1. The molecule has 0 unspecified atom stereocenters. The number of aryl methyl sites for hydroxylation is 1. The molecule has 4 nitrogen and oxygen atoms in total. The van der Waals surface area contributed by atoms with E-state index in [0.29, 0.717) is 5.56 Å². The van der Waals surface area contributed by atoms with Crippen LogP contribution in [0.25, 0.3) is 0 Å². The van der Waals surface area contributed by atoms with E-state index in [1.54, 1.807) is 19.1 Å². The highest BCUT2D eigenvalue weighted by molar-refractivity contribution is 6.33. The highest BCUT2D eigenvalue weighted by Gasteiger charge is 2.12. The van der Waals surface area contributed by atoms with E-state index >= 15 is 0 Å². The second-order valence-corrected chi connectivity index (χ2v) is 4.32. The summed E-state index contributed by atoms with van der Waals surface area (Å²) in [7, 11) is 0. The van der Waals surface area contributed by atoms with E-state index in [-0.39, 0.29) is 22.1 Å². The Morgan fingerprint density at radius 2 is 2.21 bits per heavy atom. The van der Waals surface area contributed by atoms with Crippen LogP contribution in [0.1, 0.15) is 15.9 Å². The predicted octanol–water partition coefficient (Wildman–Crippen LogP) is 3.62. The van der Waals surface area contributed by atoms with Gasteiger partial charge in [0, 0.05) is 6.20 Å². The van der Waals surface area contributed by atoms with Gasteiger partial charge in [0.15, 0.2) is 0 Å². The molecular weight excluding hydrogens is 271 g/mol. The van der Waals surface area contributed by atoms with Crippen LogP contribution in [-0.4, -0.2) is 16.1 Å². The number of nitrogens with one attached hydrogen (secondary N) is 1. The highest BCUT2D eigenvalue weighted by atomic mass is 35.5. The Morgan fingerprint density at radius 1 is 1.47 bits per heavy atom. The fourth-order valence-corrected chi connectivity index (χ4v) is 1.77. The summed E-state index contributed by atoms with van der Waals surface area (Å²) in [4.78, 5) is 14.9. The Kier molecular flexibility index (Phi) is 3.66. The van der Waals surface area contributed by atoms with Crippen molar-refractivity contribution in [2.45, 2.75) is 6.92 Å². The van der Waals surface area contributed by atoms with Gasteiger partial charge in [0.05, 0.1) is 16.3 Å². The van der Waals surface area contributed by atoms with E-state index in [4.69, 9.17) is 16.7 Å². The minimum atomic E-state index is -1.17. The van der Waals surface area contributed by atoms with E-state index in [1.165, 1.54) is 18.3 Å². The maximum Gasteiger partial charge on any atom is 0.337 e. The van der Waals surface area contributed by atoms with Gasteiger partial charge in [-0.3, -0.25) is 0 Å². The van der Waals surface area contributed by atoms with Gasteiger partial charge in [-0.2, -0.15) is 0 Å². The van der Waals surface area contributed by atoms with Crippen molar-refractivity contribution in [3.8, 4) is 0 Å². The standard InChI is InChI=1S/C13H10ClFN2O2/c1-7-3-2-4-10(15)12(7)17-11-5-8(13(18)19)9(14)6-16-11/h2-6H,1H3,(H,16,17)(H,18,19). The Balaban J connectivity index is 2.39. The maximum atomic E-state index is 13.6. The van der Waals surface area contributed by atoms with Gasteiger partial charge in [-0.1, -0.05) is 23.7 Å². The second-order valence-electron chi connectivity index (χ2n) is 3.91. The number of hydrogen-bond acceptors (Lipinski definition) is 3. The summed E-state index contributed by atoms with van der Waals surface area (Å²) >= 11 is 5.71. The van der Waals surface area contributed by atoms with Gasteiger partial charge in [0.1, 0.15) is 11.6 Å². The number of carbonyl (C=O) groups is 1. The van der Waals surface area contributed by atoms with Gasteiger partial charge in [0.25, 0.3) is 0 Å². The molecule has 0 aliphatic rings. The molecule has 6 heteroatoms. The zero-order valence-electron chi connectivity index (χ0n) is 9.95. The topological polar surface area (TPSA) is 62.2 Å². The summed E-state index contributed by atoms with van der Waals surface area (Å²) in [6, 6.07) is 5.90. The van der Waals surface area contributed by atoms with Gasteiger partial charge in [0.2, 0.25) is 0 Å². The largest absolute Gasteiger partial charge is 0.478 e. The van der Waals surface area contributed by atoms with Gasteiger partial charge in [-0.05, 0) is 24.6 Å². The third-order valence-corrected chi connectivity index (χ3v) is 2.86. The molecule has 2 rings (SSSR count). The number of carboxylic acids is 1. The first-order chi connectivity index (χ1) is 8.99. The van der Waals surface area contributed by atoms with Crippen LogP contribution in [0.4, 0.5) is 15.9 Å². The number of aromatic nitrogens is 1. The van der Waals surface area contributed by atoms with Crippen molar-refractivity contribution in [3.05, 3.63) is 52.4 Å². The van der Waals surface area contributed by atoms with Crippen LogP contribution in [0.5, 0.6) is 0 Å². The average Bonchev–Trinajstić information content (AvgIpc) is 2.35. The van der Waals surface area contributed by atoms with Crippen LogP contribution in [-0.2, 0) is 0 Å². The molecule has 98 valence electrons. The van der Waals surface area contributed by atoms with Crippen LogP contribution >= 0.6 is 11.6 Å². The number of para-hydroxylation sites is 1. The molecular formula is C13H10ClFN2O2. The van der Waals surface area contributed by atoms with Crippen LogP contribution in [0.3, 0.4) is 0 Å². The predicted molar refractivity (Wildman–Crippen MR) is 70.6 cm³/mol. The first-order valence-corrected chi connectivity index (χ1v) is 5.78. The van der Waals surface area contributed by atoms with Crippen LogP contribution < -0.4 is 5.32 Å². The quantitative estimate of drug-likeness (QED) is 0.901. The number of pyridine rings is 1. The molecule has 0 saturated carbocycles. The maximum absolute atomic E-state index is 13.6. The lowest BCUT2D eigenvalue weighted by Crippen LogP contribution is -2.03.